The van der Waals surface area contributed by atoms with E-state index in [1.165, 1.54) is 17.7 Å². The normalized spacial score (nSPS) is 13.2. The van der Waals surface area contributed by atoms with Crippen molar-refractivity contribution in [1.82, 2.24) is 24.2 Å². The number of amides is 1. The Kier molecular flexibility index (Phi) is 7.28. The van der Waals surface area contributed by atoms with Gasteiger partial charge in [0.15, 0.2) is 0 Å². The molecule has 1 aliphatic heterocycles. The topological polar surface area (TPSA) is 109 Å². The third-order valence-electron chi connectivity index (χ3n) is 6.03. The summed E-state index contributed by atoms with van der Waals surface area (Å²) in [5.74, 6) is -0.607. The van der Waals surface area contributed by atoms with Crippen LogP contribution in [0.25, 0.3) is 0 Å². The predicted octanol–water partition coefficient (Wildman–Crippen LogP) is 1.99. The van der Waals surface area contributed by atoms with Crippen LogP contribution in [0.2, 0.25) is 0 Å². The van der Waals surface area contributed by atoms with Crippen molar-refractivity contribution in [3.8, 4) is 5.75 Å². The highest BCUT2D eigenvalue weighted by atomic mass is 16.5. The second-order valence-corrected chi connectivity index (χ2v) is 8.36. The van der Waals surface area contributed by atoms with Gasteiger partial charge >= 0.3 is 5.97 Å². The summed E-state index contributed by atoms with van der Waals surface area (Å²) >= 11 is 0. The van der Waals surface area contributed by atoms with E-state index in [0.717, 1.165) is 18.5 Å². The Labute approximate surface area is 203 Å². The number of carbonyl (C=O) groups excluding carboxylic acids is 2. The van der Waals surface area contributed by atoms with E-state index < -0.39 is 5.97 Å². The highest BCUT2D eigenvalue weighted by molar-refractivity contribution is 5.94. The number of fused-ring (bicyclic) bond motifs is 1. The first-order valence-corrected chi connectivity index (χ1v) is 11.6. The minimum Gasteiger partial charge on any atom is -0.486 e. The van der Waals surface area contributed by atoms with E-state index in [4.69, 9.17) is 9.47 Å². The highest BCUT2D eigenvalue weighted by Gasteiger charge is 2.28. The smallest absolute Gasteiger partial charge is 0.343 e. The Morgan fingerprint density at radius 1 is 1.11 bits per heavy atom. The van der Waals surface area contributed by atoms with Gasteiger partial charge in [0.1, 0.15) is 23.6 Å². The Bertz CT molecular complexity index is 1280. The molecule has 3 aromatic rings. The maximum Gasteiger partial charge on any atom is 0.343 e. The minimum absolute atomic E-state index is 0.0962. The molecule has 4 rings (SSSR count). The number of esters is 1. The molecule has 1 amide bonds. The van der Waals surface area contributed by atoms with E-state index in [1.807, 2.05) is 12.1 Å². The van der Waals surface area contributed by atoms with Gasteiger partial charge in [-0.2, -0.15) is 5.10 Å². The summed E-state index contributed by atoms with van der Waals surface area (Å²) in [4.78, 5) is 44.9. The molecule has 0 spiro atoms. The molecule has 10 heteroatoms. The quantitative estimate of drug-likeness (QED) is 0.477. The zero-order valence-electron chi connectivity index (χ0n) is 20.2. The Morgan fingerprint density at radius 3 is 2.66 bits per heavy atom. The van der Waals surface area contributed by atoms with Crippen molar-refractivity contribution in [1.29, 1.82) is 0 Å². The molecule has 1 aliphatic rings. The number of hydrogen-bond donors (Lipinski definition) is 0. The van der Waals surface area contributed by atoms with Crippen molar-refractivity contribution in [2.75, 3.05) is 20.2 Å². The molecular formula is C25H29N5O5. The van der Waals surface area contributed by atoms with E-state index >= 15 is 0 Å². The molecule has 35 heavy (non-hydrogen) atoms. The number of nitrogens with zero attached hydrogens (tertiary/aromatic N) is 5. The van der Waals surface area contributed by atoms with Crippen LogP contribution in [-0.4, -0.2) is 56.3 Å². The maximum absolute atomic E-state index is 13.3. The lowest BCUT2D eigenvalue weighted by Crippen LogP contribution is -2.35. The number of pyridine rings is 2. The first kappa shape index (κ1) is 24.2. The van der Waals surface area contributed by atoms with Crippen LogP contribution in [0.3, 0.4) is 0 Å². The molecule has 0 unspecified atom stereocenters. The van der Waals surface area contributed by atoms with Crippen molar-refractivity contribution in [2.24, 2.45) is 7.05 Å². The van der Waals surface area contributed by atoms with Crippen LogP contribution in [0, 0.1) is 0 Å². The fourth-order valence-corrected chi connectivity index (χ4v) is 4.29. The molecule has 0 aromatic carbocycles. The molecule has 0 aliphatic carbocycles. The summed E-state index contributed by atoms with van der Waals surface area (Å²) in [5.41, 5.74) is 2.42. The Hall–Kier alpha value is -3.95. The number of rotatable bonds is 7. The van der Waals surface area contributed by atoms with Gasteiger partial charge in [0.05, 0.1) is 18.5 Å². The van der Waals surface area contributed by atoms with E-state index in [-0.39, 0.29) is 35.9 Å². The number of carbonyl (C=O) groups is 2. The number of ether oxygens (including phenoxy) is 2. The third-order valence-corrected chi connectivity index (χ3v) is 6.03. The van der Waals surface area contributed by atoms with Gasteiger partial charge < -0.3 is 18.9 Å². The largest absolute Gasteiger partial charge is 0.486 e. The van der Waals surface area contributed by atoms with Gasteiger partial charge in [-0.15, -0.1) is 0 Å². The van der Waals surface area contributed by atoms with E-state index in [1.54, 1.807) is 35.0 Å². The van der Waals surface area contributed by atoms with E-state index in [9.17, 15) is 14.4 Å². The maximum atomic E-state index is 13.3. The number of aromatic nitrogens is 4. The second kappa shape index (κ2) is 10.5. The van der Waals surface area contributed by atoms with Gasteiger partial charge in [-0.3, -0.25) is 19.3 Å². The minimum atomic E-state index is -0.597. The molecule has 3 aromatic heterocycles. The zero-order chi connectivity index (χ0) is 24.9. The van der Waals surface area contributed by atoms with Gasteiger partial charge in [0.2, 0.25) is 0 Å². The summed E-state index contributed by atoms with van der Waals surface area (Å²) < 4.78 is 14.0. The summed E-state index contributed by atoms with van der Waals surface area (Å²) in [5, 5.41) is 4.43. The lowest BCUT2D eigenvalue weighted by atomic mass is 10.1. The SMILES string of the molecule is CCCc1cc(C(=O)N2CCc3c(C(=O)OC)c(OCc4ccccn4)cc(=O)n3CC2)n(C)n1. The Morgan fingerprint density at radius 2 is 1.94 bits per heavy atom. The monoisotopic (exact) mass is 479 g/mol. The molecule has 0 saturated heterocycles. The Balaban J connectivity index is 1.62. The average molecular weight is 480 g/mol. The van der Waals surface area contributed by atoms with Crippen LogP contribution in [0.1, 0.15) is 51.3 Å². The summed E-state index contributed by atoms with van der Waals surface area (Å²) in [6, 6.07) is 8.54. The standard InChI is InChI=1S/C25H29N5O5/c1-4-7-17-14-20(28(2)27-17)24(32)29-11-9-19-23(25(33)34-3)21(15-22(31)30(19)13-12-29)35-16-18-8-5-6-10-26-18/h5-6,8,10,14-15H,4,7,9,11-13,16H2,1-3H3. The molecule has 4 heterocycles. The fraction of sp³-hybridized carbons (Fsp3) is 0.400. The second-order valence-electron chi connectivity index (χ2n) is 8.36. The van der Waals surface area contributed by atoms with Crippen LogP contribution in [0.4, 0.5) is 0 Å². The van der Waals surface area contributed by atoms with Gasteiger partial charge in [0, 0.05) is 51.1 Å². The zero-order valence-corrected chi connectivity index (χ0v) is 20.2. The van der Waals surface area contributed by atoms with Crippen LogP contribution < -0.4 is 10.3 Å². The molecule has 184 valence electrons. The predicted molar refractivity (Wildman–Crippen MR) is 127 cm³/mol. The van der Waals surface area contributed by atoms with Gasteiger partial charge in [-0.1, -0.05) is 19.4 Å². The average Bonchev–Trinajstić information content (AvgIpc) is 3.08. The number of hydrogen-bond acceptors (Lipinski definition) is 7. The summed E-state index contributed by atoms with van der Waals surface area (Å²) in [6.45, 7) is 3.07. The molecule has 0 atom stereocenters. The summed E-state index contributed by atoms with van der Waals surface area (Å²) in [6.07, 6.45) is 3.68. The molecular weight excluding hydrogens is 450 g/mol. The first-order valence-electron chi connectivity index (χ1n) is 11.6. The van der Waals surface area contributed by atoms with Gasteiger partial charge in [0.25, 0.3) is 11.5 Å². The fourth-order valence-electron chi connectivity index (χ4n) is 4.29. The molecule has 10 nitrogen and oxygen atoms in total. The van der Waals surface area contributed by atoms with Crippen LogP contribution >= 0.6 is 0 Å². The molecule has 0 radical (unpaired) electrons. The van der Waals surface area contributed by atoms with Crippen molar-refractivity contribution in [2.45, 2.75) is 39.3 Å². The number of methoxy groups -OCH3 is 1. The third kappa shape index (κ3) is 5.11. The van der Waals surface area contributed by atoms with Crippen LogP contribution in [0.5, 0.6) is 5.75 Å². The lowest BCUT2D eigenvalue weighted by molar-refractivity contribution is 0.0592. The van der Waals surface area contributed by atoms with E-state index in [0.29, 0.717) is 36.6 Å². The van der Waals surface area contributed by atoms with Crippen LogP contribution in [0.15, 0.2) is 41.3 Å². The van der Waals surface area contributed by atoms with Crippen molar-refractivity contribution in [3.63, 3.8) is 0 Å². The molecule has 0 bridgehead atoms. The van der Waals surface area contributed by atoms with E-state index in [2.05, 4.69) is 17.0 Å². The van der Waals surface area contributed by atoms with Crippen molar-refractivity contribution < 1.29 is 19.1 Å². The number of aryl methyl sites for hydroxylation is 2. The molecule has 0 saturated carbocycles. The highest BCUT2D eigenvalue weighted by Crippen LogP contribution is 2.25. The van der Waals surface area contributed by atoms with Crippen molar-refractivity contribution in [3.05, 3.63) is 75.2 Å². The first-order chi connectivity index (χ1) is 16.9. The van der Waals surface area contributed by atoms with Gasteiger partial charge in [-0.25, -0.2) is 4.79 Å². The van der Waals surface area contributed by atoms with Gasteiger partial charge in [-0.05, 0) is 24.6 Å². The molecule has 0 fully saturated rings. The molecule has 0 N–H and O–H groups in total. The van der Waals surface area contributed by atoms with Crippen LogP contribution in [-0.2, 0) is 37.8 Å². The van der Waals surface area contributed by atoms with Crippen molar-refractivity contribution >= 4 is 11.9 Å². The lowest BCUT2D eigenvalue weighted by Gasteiger charge is -2.19. The summed E-state index contributed by atoms with van der Waals surface area (Å²) in [7, 11) is 3.04.